The predicted octanol–water partition coefficient (Wildman–Crippen LogP) is 4.28. The summed E-state index contributed by atoms with van der Waals surface area (Å²) in [5.74, 6) is 1.94. The minimum absolute atomic E-state index is 0.855. The number of aromatic nitrogens is 2. The van der Waals surface area contributed by atoms with E-state index >= 15 is 0 Å². The third-order valence-corrected chi connectivity index (χ3v) is 4.77. The van der Waals surface area contributed by atoms with E-state index in [2.05, 4.69) is 39.4 Å². The third kappa shape index (κ3) is 2.41. The summed E-state index contributed by atoms with van der Waals surface area (Å²) < 4.78 is 8.26. The molecule has 0 amide bonds. The molecule has 116 valence electrons. The molecule has 0 atom stereocenters. The van der Waals surface area contributed by atoms with Crippen molar-refractivity contribution in [2.45, 2.75) is 6.42 Å². The Morgan fingerprint density at radius 1 is 1.13 bits per heavy atom. The van der Waals surface area contributed by atoms with E-state index in [0.29, 0.717) is 0 Å². The average molecular weight is 370 g/mol. The maximum absolute atomic E-state index is 5.24. The summed E-state index contributed by atoms with van der Waals surface area (Å²) in [6.07, 6.45) is 0.987. The number of fused-ring (bicyclic) bond motifs is 1. The molecule has 4 nitrogen and oxygen atoms in total. The van der Waals surface area contributed by atoms with Gasteiger partial charge in [0.05, 0.1) is 18.5 Å². The van der Waals surface area contributed by atoms with Crippen molar-refractivity contribution in [2.24, 2.45) is 0 Å². The van der Waals surface area contributed by atoms with E-state index in [1.165, 1.54) is 5.56 Å². The number of nitrogens with one attached hydrogen (secondary N) is 1. The molecule has 0 spiro atoms. The molecule has 2 heterocycles. The molecular formula is C18H16BrN3O. The van der Waals surface area contributed by atoms with Crippen molar-refractivity contribution in [3.8, 4) is 22.7 Å². The predicted molar refractivity (Wildman–Crippen MR) is 95.4 cm³/mol. The van der Waals surface area contributed by atoms with Gasteiger partial charge in [0.1, 0.15) is 11.6 Å². The van der Waals surface area contributed by atoms with Crippen LogP contribution in [0.15, 0.2) is 53.0 Å². The summed E-state index contributed by atoms with van der Waals surface area (Å²) in [4.78, 5) is 0. The van der Waals surface area contributed by atoms with Gasteiger partial charge in [-0.05, 0) is 58.7 Å². The highest BCUT2D eigenvalue weighted by atomic mass is 79.9. The largest absolute Gasteiger partial charge is 0.497 e. The molecule has 0 bridgehead atoms. The zero-order valence-corrected chi connectivity index (χ0v) is 14.3. The molecular weight excluding hydrogens is 354 g/mol. The van der Waals surface area contributed by atoms with Crippen LogP contribution in [0.1, 0.15) is 5.56 Å². The van der Waals surface area contributed by atoms with Crippen LogP contribution in [0.3, 0.4) is 0 Å². The number of nitrogens with zero attached hydrogens (tertiary/aromatic N) is 2. The number of anilines is 1. The second-order valence-corrected chi connectivity index (χ2v) is 6.30. The molecule has 4 rings (SSSR count). The first kappa shape index (κ1) is 14.3. The number of methoxy groups -OCH3 is 1. The quantitative estimate of drug-likeness (QED) is 0.748. The maximum atomic E-state index is 5.24. The van der Waals surface area contributed by atoms with E-state index in [0.717, 1.165) is 46.0 Å². The summed E-state index contributed by atoms with van der Waals surface area (Å²) in [6.45, 7) is 0.945. The summed E-state index contributed by atoms with van der Waals surface area (Å²) in [5.41, 5.74) is 4.45. The van der Waals surface area contributed by atoms with E-state index in [4.69, 9.17) is 9.84 Å². The number of ether oxygens (including phenoxy) is 1. The molecule has 0 radical (unpaired) electrons. The van der Waals surface area contributed by atoms with Crippen LogP contribution in [0, 0.1) is 0 Å². The smallest absolute Gasteiger partial charge is 0.133 e. The Balaban J connectivity index is 1.86. The van der Waals surface area contributed by atoms with Crippen molar-refractivity contribution in [2.75, 3.05) is 19.0 Å². The van der Waals surface area contributed by atoms with Crippen LogP contribution in [0.4, 0.5) is 5.82 Å². The molecule has 0 saturated heterocycles. The van der Waals surface area contributed by atoms with Crippen LogP contribution in [0.25, 0.3) is 16.9 Å². The first-order chi connectivity index (χ1) is 11.3. The lowest BCUT2D eigenvalue weighted by Crippen LogP contribution is -2.04. The van der Waals surface area contributed by atoms with E-state index in [1.807, 2.05) is 35.0 Å². The molecule has 1 N–H and O–H groups in total. The Hall–Kier alpha value is -2.27. The number of rotatable bonds is 3. The molecule has 2 aromatic carbocycles. The zero-order valence-electron chi connectivity index (χ0n) is 12.7. The molecule has 0 saturated carbocycles. The van der Waals surface area contributed by atoms with Crippen molar-refractivity contribution < 1.29 is 4.74 Å². The lowest BCUT2D eigenvalue weighted by atomic mass is 10.1. The Morgan fingerprint density at radius 3 is 2.65 bits per heavy atom. The maximum Gasteiger partial charge on any atom is 0.133 e. The monoisotopic (exact) mass is 369 g/mol. The molecule has 1 aliphatic heterocycles. The highest BCUT2D eigenvalue weighted by molar-refractivity contribution is 9.10. The Morgan fingerprint density at radius 2 is 1.91 bits per heavy atom. The van der Waals surface area contributed by atoms with Crippen molar-refractivity contribution >= 4 is 21.7 Å². The van der Waals surface area contributed by atoms with E-state index in [9.17, 15) is 0 Å². The minimum Gasteiger partial charge on any atom is -0.497 e. The molecule has 0 unspecified atom stereocenters. The van der Waals surface area contributed by atoms with Gasteiger partial charge in [-0.3, -0.25) is 0 Å². The van der Waals surface area contributed by atoms with Crippen LogP contribution >= 0.6 is 15.9 Å². The fourth-order valence-electron chi connectivity index (χ4n) is 2.95. The van der Waals surface area contributed by atoms with Gasteiger partial charge >= 0.3 is 0 Å². The van der Waals surface area contributed by atoms with Crippen LogP contribution in [0.5, 0.6) is 5.75 Å². The fourth-order valence-corrected chi connectivity index (χ4v) is 3.41. The Kier molecular flexibility index (Phi) is 3.58. The highest BCUT2D eigenvalue weighted by Crippen LogP contribution is 2.36. The molecule has 23 heavy (non-hydrogen) atoms. The standard InChI is InChI=1S/C18H16BrN3O/c1-23-13-8-6-12(7-9-13)17-14-10-11-20-18(14)22(21-17)16-5-3-2-4-15(16)19/h2-9,20H,10-11H2,1H3. The zero-order chi connectivity index (χ0) is 15.8. The van der Waals surface area contributed by atoms with E-state index in [1.54, 1.807) is 7.11 Å². The fraction of sp³-hybridized carbons (Fsp3) is 0.167. The van der Waals surface area contributed by atoms with Crippen molar-refractivity contribution in [1.29, 1.82) is 0 Å². The van der Waals surface area contributed by atoms with Gasteiger partial charge in [0, 0.05) is 22.1 Å². The van der Waals surface area contributed by atoms with Crippen molar-refractivity contribution in [3.05, 3.63) is 58.6 Å². The van der Waals surface area contributed by atoms with Crippen molar-refractivity contribution in [3.63, 3.8) is 0 Å². The van der Waals surface area contributed by atoms with Gasteiger partial charge in [0.25, 0.3) is 0 Å². The lowest BCUT2D eigenvalue weighted by molar-refractivity contribution is 0.415. The minimum atomic E-state index is 0.855. The van der Waals surface area contributed by atoms with Gasteiger partial charge < -0.3 is 10.1 Å². The number of halogens is 1. The van der Waals surface area contributed by atoms with Gasteiger partial charge in [-0.2, -0.15) is 5.10 Å². The Labute approximate surface area is 143 Å². The first-order valence-electron chi connectivity index (χ1n) is 7.53. The van der Waals surface area contributed by atoms with Crippen LogP contribution < -0.4 is 10.1 Å². The second-order valence-electron chi connectivity index (χ2n) is 5.44. The summed E-state index contributed by atoms with van der Waals surface area (Å²) in [5, 5.41) is 8.33. The number of para-hydroxylation sites is 1. The highest BCUT2D eigenvalue weighted by Gasteiger charge is 2.24. The summed E-state index contributed by atoms with van der Waals surface area (Å²) in [6, 6.07) is 16.2. The van der Waals surface area contributed by atoms with Crippen LogP contribution in [-0.4, -0.2) is 23.4 Å². The molecule has 0 fully saturated rings. The van der Waals surface area contributed by atoms with Gasteiger partial charge in [-0.1, -0.05) is 12.1 Å². The molecule has 1 aliphatic rings. The van der Waals surface area contributed by atoms with Crippen LogP contribution in [-0.2, 0) is 6.42 Å². The van der Waals surface area contributed by atoms with E-state index < -0.39 is 0 Å². The lowest BCUT2D eigenvalue weighted by Gasteiger charge is -2.08. The summed E-state index contributed by atoms with van der Waals surface area (Å²) in [7, 11) is 1.68. The molecule has 3 aromatic rings. The number of hydrogen-bond acceptors (Lipinski definition) is 3. The second kappa shape index (κ2) is 5.74. The van der Waals surface area contributed by atoms with Gasteiger partial charge in [0.2, 0.25) is 0 Å². The molecule has 5 heteroatoms. The van der Waals surface area contributed by atoms with Crippen molar-refractivity contribution in [1.82, 2.24) is 9.78 Å². The number of benzene rings is 2. The normalized spacial score (nSPS) is 12.8. The summed E-state index contributed by atoms with van der Waals surface area (Å²) >= 11 is 3.62. The Bertz CT molecular complexity index is 855. The third-order valence-electron chi connectivity index (χ3n) is 4.10. The molecule has 1 aromatic heterocycles. The SMILES string of the molecule is COc1ccc(-c2nn(-c3ccccc3Br)c3c2CCN3)cc1. The van der Waals surface area contributed by atoms with Gasteiger partial charge in [0.15, 0.2) is 0 Å². The van der Waals surface area contributed by atoms with Gasteiger partial charge in [-0.15, -0.1) is 0 Å². The number of hydrogen-bond donors (Lipinski definition) is 1. The molecule has 0 aliphatic carbocycles. The van der Waals surface area contributed by atoms with Crippen LogP contribution in [0.2, 0.25) is 0 Å². The first-order valence-corrected chi connectivity index (χ1v) is 8.32. The van der Waals surface area contributed by atoms with Gasteiger partial charge in [-0.25, -0.2) is 4.68 Å². The average Bonchev–Trinajstić information content (AvgIpc) is 3.18. The van der Waals surface area contributed by atoms with E-state index in [-0.39, 0.29) is 0 Å². The topological polar surface area (TPSA) is 39.1 Å².